The van der Waals surface area contributed by atoms with E-state index >= 15 is 0 Å². The lowest BCUT2D eigenvalue weighted by molar-refractivity contribution is 0.297. The van der Waals surface area contributed by atoms with E-state index in [2.05, 4.69) is 37.8 Å². The maximum atomic E-state index is 2.49. The van der Waals surface area contributed by atoms with Gasteiger partial charge in [-0.15, -0.1) is 0 Å². The second kappa shape index (κ2) is 9.79. The van der Waals surface area contributed by atoms with E-state index in [4.69, 9.17) is 0 Å². The molecule has 0 aliphatic rings. The third-order valence-corrected chi connectivity index (χ3v) is 2.39. The van der Waals surface area contributed by atoms with Crippen LogP contribution in [0.25, 0.3) is 0 Å². The minimum absolute atomic E-state index is 1.18. The van der Waals surface area contributed by atoms with E-state index < -0.39 is 0 Å². The van der Waals surface area contributed by atoms with Crippen molar-refractivity contribution in [3.05, 3.63) is 12.2 Å². The molecule has 1 nitrogen and oxygen atoms in total. The summed E-state index contributed by atoms with van der Waals surface area (Å²) in [7, 11) is 0. The highest BCUT2D eigenvalue weighted by Crippen LogP contribution is 2.00. The Morgan fingerprint density at radius 1 is 0.923 bits per heavy atom. The summed E-state index contributed by atoms with van der Waals surface area (Å²) >= 11 is 0. The largest absolute Gasteiger partial charge is 0.304 e. The normalized spacial score (nSPS) is 11.7. The number of allylic oxidation sites excluding steroid dienone is 2. The SMILES string of the molecule is CC/C=C/CCCCN(CC)CC. The van der Waals surface area contributed by atoms with Crippen LogP contribution >= 0.6 is 0 Å². The summed E-state index contributed by atoms with van der Waals surface area (Å²) < 4.78 is 0. The molecule has 0 spiro atoms. The van der Waals surface area contributed by atoms with Crippen LogP contribution in [-0.4, -0.2) is 24.5 Å². The van der Waals surface area contributed by atoms with Crippen LogP contribution in [0.15, 0.2) is 12.2 Å². The van der Waals surface area contributed by atoms with E-state index in [0.717, 1.165) is 0 Å². The highest BCUT2D eigenvalue weighted by atomic mass is 15.1. The van der Waals surface area contributed by atoms with E-state index in [9.17, 15) is 0 Å². The lowest BCUT2D eigenvalue weighted by Crippen LogP contribution is -2.23. The van der Waals surface area contributed by atoms with Gasteiger partial charge in [-0.05, 0) is 45.3 Å². The summed E-state index contributed by atoms with van der Waals surface area (Å²) in [6.45, 7) is 10.3. The van der Waals surface area contributed by atoms with E-state index in [0.29, 0.717) is 0 Å². The predicted octanol–water partition coefficient (Wildman–Crippen LogP) is 3.46. The zero-order valence-electron chi connectivity index (χ0n) is 9.55. The molecule has 0 heterocycles. The Morgan fingerprint density at radius 3 is 2.15 bits per heavy atom. The first-order valence-corrected chi connectivity index (χ1v) is 5.72. The molecule has 0 rings (SSSR count). The first-order valence-electron chi connectivity index (χ1n) is 5.72. The van der Waals surface area contributed by atoms with Gasteiger partial charge in [0.25, 0.3) is 0 Å². The van der Waals surface area contributed by atoms with Crippen LogP contribution in [0.3, 0.4) is 0 Å². The third kappa shape index (κ3) is 8.04. The highest BCUT2D eigenvalue weighted by molar-refractivity contribution is 4.79. The number of nitrogens with zero attached hydrogens (tertiary/aromatic N) is 1. The quantitative estimate of drug-likeness (QED) is 0.411. The second-order valence-corrected chi connectivity index (χ2v) is 3.40. The zero-order valence-corrected chi connectivity index (χ0v) is 9.55. The Balaban J connectivity index is 3.19. The van der Waals surface area contributed by atoms with Crippen molar-refractivity contribution in [2.45, 2.75) is 46.5 Å². The van der Waals surface area contributed by atoms with Gasteiger partial charge < -0.3 is 4.90 Å². The Kier molecular flexibility index (Phi) is 9.56. The molecule has 0 amide bonds. The maximum absolute atomic E-state index is 2.49. The Bertz CT molecular complexity index is 114. The maximum Gasteiger partial charge on any atom is -0.00189 e. The molecule has 0 saturated heterocycles. The van der Waals surface area contributed by atoms with Gasteiger partial charge in [0, 0.05) is 0 Å². The van der Waals surface area contributed by atoms with Crippen LogP contribution in [0.4, 0.5) is 0 Å². The lowest BCUT2D eigenvalue weighted by atomic mass is 10.2. The molecule has 0 aliphatic carbocycles. The van der Waals surface area contributed by atoms with Gasteiger partial charge in [-0.3, -0.25) is 0 Å². The third-order valence-electron chi connectivity index (χ3n) is 2.39. The molecule has 0 saturated carbocycles. The molecule has 0 aromatic heterocycles. The van der Waals surface area contributed by atoms with Crippen molar-refractivity contribution in [2.24, 2.45) is 0 Å². The van der Waals surface area contributed by atoms with Crippen LogP contribution in [0.2, 0.25) is 0 Å². The van der Waals surface area contributed by atoms with Crippen LogP contribution in [0, 0.1) is 0 Å². The minimum atomic E-state index is 1.18. The standard InChI is InChI=1S/C12H25N/c1-4-7-8-9-10-11-12-13(5-2)6-3/h7-8H,4-6,9-12H2,1-3H3/b8-7+. The molecule has 0 aromatic rings. The van der Waals surface area contributed by atoms with Crippen molar-refractivity contribution in [1.29, 1.82) is 0 Å². The minimum Gasteiger partial charge on any atom is -0.304 e. The predicted molar refractivity (Wildman–Crippen MR) is 61.1 cm³/mol. The monoisotopic (exact) mass is 183 g/mol. The molecule has 0 radical (unpaired) electrons. The summed E-state index contributed by atoms with van der Waals surface area (Å²) in [5, 5.41) is 0. The molecule has 0 fully saturated rings. The molecular weight excluding hydrogens is 158 g/mol. The fraction of sp³-hybridized carbons (Fsp3) is 0.833. The smallest absolute Gasteiger partial charge is 0.00189 e. The van der Waals surface area contributed by atoms with Crippen molar-refractivity contribution in [3.63, 3.8) is 0 Å². The lowest BCUT2D eigenvalue weighted by Gasteiger charge is -2.17. The van der Waals surface area contributed by atoms with Crippen molar-refractivity contribution in [3.8, 4) is 0 Å². The van der Waals surface area contributed by atoms with Gasteiger partial charge in [0.05, 0.1) is 0 Å². The molecule has 13 heavy (non-hydrogen) atoms. The van der Waals surface area contributed by atoms with Gasteiger partial charge in [-0.2, -0.15) is 0 Å². The molecule has 78 valence electrons. The van der Waals surface area contributed by atoms with Crippen molar-refractivity contribution in [2.75, 3.05) is 19.6 Å². The summed E-state index contributed by atoms with van der Waals surface area (Å²) in [5.74, 6) is 0. The summed E-state index contributed by atoms with van der Waals surface area (Å²) in [5.41, 5.74) is 0. The van der Waals surface area contributed by atoms with Crippen LogP contribution in [-0.2, 0) is 0 Å². The van der Waals surface area contributed by atoms with Gasteiger partial charge >= 0.3 is 0 Å². The first-order chi connectivity index (χ1) is 6.35. The second-order valence-electron chi connectivity index (χ2n) is 3.40. The van der Waals surface area contributed by atoms with Gasteiger partial charge in [0.1, 0.15) is 0 Å². The van der Waals surface area contributed by atoms with Crippen LogP contribution in [0.1, 0.15) is 46.5 Å². The first kappa shape index (κ1) is 12.7. The fourth-order valence-corrected chi connectivity index (χ4v) is 1.42. The summed E-state index contributed by atoms with van der Waals surface area (Å²) in [4.78, 5) is 2.49. The van der Waals surface area contributed by atoms with E-state index in [1.54, 1.807) is 0 Å². The summed E-state index contributed by atoms with van der Waals surface area (Å²) in [6, 6.07) is 0. The molecular formula is C12H25N. The van der Waals surface area contributed by atoms with E-state index in [-0.39, 0.29) is 0 Å². The van der Waals surface area contributed by atoms with Crippen LogP contribution < -0.4 is 0 Å². The number of rotatable bonds is 8. The topological polar surface area (TPSA) is 3.24 Å². The van der Waals surface area contributed by atoms with Gasteiger partial charge in [0.2, 0.25) is 0 Å². The molecule has 0 bridgehead atoms. The van der Waals surface area contributed by atoms with Gasteiger partial charge in [0.15, 0.2) is 0 Å². The molecule has 0 N–H and O–H groups in total. The molecule has 0 aliphatic heterocycles. The zero-order chi connectivity index (χ0) is 9.94. The van der Waals surface area contributed by atoms with Crippen molar-refractivity contribution in [1.82, 2.24) is 4.90 Å². The molecule has 0 aromatic carbocycles. The van der Waals surface area contributed by atoms with Crippen molar-refractivity contribution >= 4 is 0 Å². The molecule has 0 unspecified atom stereocenters. The molecule has 1 heteroatoms. The van der Waals surface area contributed by atoms with E-state index in [1.165, 1.54) is 45.3 Å². The van der Waals surface area contributed by atoms with E-state index in [1.807, 2.05) is 0 Å². The summed E-state index contributed by atoms with van der Waals surface area (Å²) in [6.07, 6.45) is 9.69. The Morgan fingerprint density at radius 2 is 1.62 bits per heavy atom. The fourth-order valence-electron chi connectivity index (χ4n) is 1.42. The molecule has 0 atom stereocenters. The van der Waals surface area contributed by atoms with Gasteiger partial charge in [-0.25, -0.2) is 0 Å². The van der Waals surface area contributed by atoms with Crippen LogP contribution in [0.5, 0.6) is 0 Å². The van der Waals surface area contributed by atoms with Gasteiger partial charge in [-0.1, -0.05) is 32.9 Å². The number of unbranched alkanes of at least 4 members (excludes halogenated alkanes) is 2. The van der Waals surface area contributed by atoms with Crippen molar-refractivity contribution < 1.29 is 0 Å². The Hall–Kier alpha value is -0.300. The highest BCUT2D eigenvalue weighted by Gasteiger charge is 1.96. The number of hydrogen-bond donors (Lipinski definition) is 0. The average molecular weight is 183 g/mol. The number of hydrogen-bond acceptors (Lipinski definition) is 1. The Labute approximate surface area is 83.8 Å². The average Bonchev–Trinajstić information content (AvgIpc) is 2.17.